The lowest BCUT2D eigenvalue weighted by atomic mass is 10.2. The van der Waals surface area contributed by atoms with E-state index < -0.39 is 6.10 Å². The summed E-state index contributed by atoms with van der Waals surface area (Å²) in [5.41, 5.74) is 1.11. The van der Waals surface area contributed by atoms with Crippen LogP contribution >= 0.6 is 0 Å². The van der Waals surface area contributed by atoms with Crippen LogP contribution in [0.4, 0.5) is 10.1 Å². The van der Waals surface area contributed by atoms with Gasteiger partial charge in [-0.3, -0.25) is 4.90 Å². The van der Waals surface area contributed by atoms with Crippen molar-refractivity contribution in [2.45, 2.75) is 6.10 Å². The third-order valence-corrected chi connectivity index (χ3v) is 5.42. The summed E-state index contributed by atoms with van der Waals surface area (Å²) >= 11 is 0. The summed E-state index contributed by atoms with van der Waals surface area (Å²) in [6.45, 7) is 4.56. The van der Waals surface area contributed by atoms with Gasteiger partial charge in [-0.25, -0.2) is 4.39 Å². The molecule has 0 saturated carbocycles. The molecule has 0 radical (unpaired) electrons. The molecule has 1 unspecified atom stereocenters. The van der Waals surface area contributed by atoms with Gasteiger partial charge in [-0.15, -0.1) is 0 Å². The Balaban J connectivity index is 0.00000256. The lowest BCUT2D eigenvalue weighted by Crippen LogP contribution is -3.26. The standard InChI is InChI=1S/C22H29FN2O5.2ClH/c1-27-20-12-19(13-21(28-2)22(20)29-3)30-15-18(26)14-24-8-10-25(11-9-24)17-6-4-16(23)5-7-17;;/h4-7,12-13,18,26H,8-11,14-15H2,1-3H3;2*1H. The first kappa shape index (κ1) is 28.1. The molecule has 10 heteroatoms. The van der Waals surface area contributed by atoms with Crippen molar-refractivity contribution in [3.8, 4) is 23.0 Å². The number of quaternary nitrogens is 2. The Morgan fingerprint density at radius 3 is 1.97 bits per heavy atom. The first-order chi connectivity index (χ1) is 14.5. The van der Waals surface area contributed by atoms with Crippen molar-refractivity contribution in [2.75, 3.05) is 60.7 Å². The van der Waals surface area contributed by atoms with Crippen molar-refractivity contribution in [3.63, 3.8) is 0 Å². The summed E-state index contributed by atoms with van der Waals surface area (Å²) in [5, 5.41) is 10.4. The van der Waals surface area contributed by atoms with Gasteiger partial charge in [0.15, 0.2) is 11.5 Å². The van der Waals surface area contributed by atoms with Crippen molar-refractivity contribution >= 4 is 5.69 Å². The van der Waals surface area contributed by atoms with Crippen LogP contribution in [0.25, 0.3) is 0 Å². The monoisotopic (exact) mass is 492 g/mol. The van der Waals surface area contributed by atoms with E-state index in [1.807, 2.05) is 12.1 Å². The van der Waals surface area contributed by atoms with Crippen LogP contribution in [0.2, 0.25) is 0 Å². The molecule has 1 fully saturated rings. The first-order valence-corrected chi connectivity index (χ1v) is 10.1. The van der Waals surface area contributed by atoms with Gasteiger partial charge in [0.25, 0.3) is 0 Å². The fourth-order valence-corrected chi connectivity index (χ4v) is 3.81. The zero-order chi connectivity index (χ0) is 21.5. The average Bonchev–Trinajstić information content (AvgIpc) is 2.78. The maximum atomic E-state index is 13.1. The number of hydrogen-bond acceptors (Lipinski definition) is 5. The normalized spacial score (nSPS) is 18.5. The van der Waals surface area contributed by atoms with Gasteiger partial charge in [-0.05, 0) is 12.1 Å². The Morgan fingerprint density at radius 1 is 0.906 bits per heavy atom. The molecule has 7 nitrogen and oxygen atoms in total. The summed E-state index contributed by atoms with van der Waals surface area (Å²) in [6, 6.07) is 10.1. The molecule has 1 saturated heterocycles. The summed E-state index contributed by atoms with van der Waals surface area (Å²) in [6.07, 6.45) is -0.591. The topological polar surface area (TPSA) is 66.0 Å². The van der Waals surface area contributed by atoms with E-state index in [0.717, 1.165) is 31.9 Å². The van der Waals surface area contributed by atoms with Crippen molar-refractivity contribution in [1.82, 2.24) is 0 Å². The van der Waals surface area contributed by atoms with Gasteiger partial charge in [-0.2, -0.15) is 0 Å². The summed E-state index contributed by atoms with van der Waals surface area (Å²) < 4.78 is 34.8. The molecule has 2 aromatic carbocycles. The fraction of sp³-hybridized carbons (Fsp3) is 0.455. The van der Waals surface area contributed by atoms with Crippen LogP contribution in [0.1, 0.15) is 0 Å². The minimum absolute atomic E-state index is 0. The smallest absolute Gasteiger partial charge is 0.203 e. The molecule has 1 aliphatic rings. The fourth-order valence-electron chi connectivity index (χ4n) is 3.81. The highest BCUT2D eigenvalue weighted by atomic mass is 35.5. The van der Waals surface area contributed by atoms with Crippen LogP contribution in [-0.2, 0) is 0 Å². The van der Waals surface area contributed by atoms with Crippen LogP contribution in [-0.4, -0.2) is 71.9 Å². The molecule has 2 aromatic rings. The predicted octanol–water partition coefficient (Wildman–Crippen LogP) is -6.29. The largest absolute Gasteiger partial charge is 1.00 e. The van der Waals surface area contributed by atoms with E-state index in [1.54, 1.807) is 33.5 Å². The zero-order valence-corrected chi connectivity index (χ0v) is 20.0. The molecule has 0 spiro atoms. The molecule has 0 bridgehead atoms. The molecule has 1 atom stereocenters. The Morgan fingerprint density at radius 2 is 1.47 bits per heavy atom. The molecule has 0 aliphatic carbocycles. The highest BCUT2D eigenvalue weighted by Crippen LogP contribution is 2.40. The highest BCUT2D eigenvalue weighted by Gasteiger charge is 2.26. The lowest BCUT2D eigenvalue weighted by molar-refractivity contribution is -0.988. The van der Waals surface area contributed by atoms with E-state index in [4.69, 9.17) is 18.9 Å². The molecule has 0 aromatic heterocycles. The third kappa shape index (κ3) is 7.28. The van der Waals surface area contributed by atoms with Gasteiger partial charge in [-0.1, -0.05) is 0 Å². The Kier molecular flexibility index (Phi) is 11.9. The number of methoxy groups -OCH3 is 3. The van der Waals surface area contributed by atoms with Crippen LogP contribution in [0.3, 0.4) is 0 Å². The molecule has 1 aliphatic heterocycles. The third-order valence-electron chi connectivity index (χ3n) is 5.42. The number of hydrogen-bond donors (Lipinski definition) is 3. The minimum Gasteiger partial charge on any atom is -1.00 e. The molecule has 3 N–H and O–H groups in total. The van der Waals surface area contributed by atoms with E-state index in [1.165, 1.54) is 21.9 Å². The molecule has 0 amide bonds. The minimum atomic E-state index is -0.591. The number of halogens is 3. The van der Waals surface area contributed by atoms with Crippen LogP contribution in [0.5, 0.6) is 23.0 Å². The summed E-state index contributed by atoms with van der Waals surface area (Å²) in [7, 11) is 4.64. The second-order valence-electron chi connectivity index (χ2n) is 7.39. The van der Waals surface area contributed by atoms with Crippen LogP contribution in [0.15, 0.2) is 36.4 Å². The van der Waals surface area contributed by atoms with E-state index in [2.05, 4.69) is 0 Å². The molecule has 1 heterocycles. The van der Waals surface area contributed by atoms with Gasteiger partial charge in [0.2, 0.25) is 5.75 Å². The number of ether oxygens (including phenoxy) is 4. The maximum Gasteiger partial charge on any atom is 0.203 e. The number of benzene rings is 2. The van der Waals surface area contributed by atoms with Gasteiger partial charge in [0, 0.05) is 24.3 Å². The second-order valence-corrected chi connectivity index (χ2v) is 7.39. The Hall–Kier alpha value is -1.97. The van der Waals surface area contributed by atoms with Crippen molar-refractivity contribution in [1.29, 1.82) is 0 Å². The van der Waals surface area contributed by atoms with Crippen molar-refractivity contribution in [3.05, 3.63) is 42.2 Å². The number of rotatable bonds is 9. The van der Waals surface area contributed by atoms with Gasteiger partial charge < -0.3 is 53.8 Å². The van der Waals surface area contributed by atoms with Gasteiger partial charge in [0.1, 0.15) is 62.7 Å². The van der Waals surface area contributed by atoms with Crippen molar-refractivity contribution in [2.24, 2.45) is 0 Å². The quantitative estimate of drug-likeness (QED) is 0.325. The van der Waals surface area contributed by atoms with E-state index in [9.17, 15) is 9.50 Å². The van der Waals surface area contributed by atoms with E-state index in [0.29, 0.717) is 29.5 Å². The molecule has 3 rings (SSSR count). The number of piperazine rings is 1. The second kappa shape index (κ2) is 13.5. The predicted molar refractivity (Wildman–Crippen MR) is 110 cm³/mol. The van der Waals surface area contributed by atoms with E-state index in [-0.39, 0.29) is 37.2 Å². The number of aliphatic hydroxyl groups is 1. The lowest BCUT2D eigenvalue weighted by Gasteiger charge is -2.30. The first-order valence-electron chi connectivity index (χ1n) is 10.1. The maximum absolute atomic E-state index is 13.1. The highest BCUT2D eigenvalue weighted by molar-refractivity contribution is 5.55. The summed E-state index contributed by atoms with van der Waals surface area (Å²) in [4.78, 5) is 2.68. The van der Waals surface area contributed by atoms with Crippen LogP contribution in [0, 0.1) is 5.82 Å². The van der Waals surface area contributed by atoms with Crippen molar-refractivity contribution < 1.29 is 63.1 Å². The zero-order valence-electron chi connectivity index (χ0n) is 18.5. The Bertz CT molecular complexity index is 795. The SMILES string of the molecule is COc1cc(OCC(O)C[NH+]2CC[NH+](c3ccc(F)cc3)CC2)cc(OC)c1OC.[Cl-].[Cl-]. The molecular formula is C22H31Cl2FN2O5. The summed E-state index contributed by atoms with van der Waals surface area (Å²) in [5.74, 6) is 1.85. The van der Waals surface area contributed by atoms with Gasteiger partial charge >= 0.3 is 0 Å². The molecule has 32 heavy (non-hydrogen) atoms. The van der Waals surface area contributed by atoms with Gasteiger partial charge in [0.05, 0.1) is 21.3 Å². The average molecular weight is 493 g/mol. The Labute approximate surface area is 200 Å². The van der Waals surface area contributed by atoms with Crippen LogP contribution < -0.4 is 53.6 Å². The molecular weight excluding hydrogens is 462 g/mol. The molecule has 180 valence electrons. The number of aliphatic hydroxyl groups excluding tert-OH is 1. The van der Waals surface area contributed by atoms with E-state index >= 15 is 0 Å². The number of nitrogens with one attached hydrogen (secondary N) is 2.